The van der Waals surface area contributed by atoms with E-state index in [4.69, 9.17) is 4.42 Å². The summed E-state index contributed by atoms with van der Waals surface area (Å²) >= 11 is 0. The summed E-state index contributed by atoms with van der Waals surface area (Å²) in [4.78, 5) is 0. The molecule has 2 heteroatoms. The Bertz CT molecular complexity index is 2290. The fraction of sp³-hybridized carbons (Fsp3) is 0.0233. The van der Waals surface area contributed by atoms with Crippen molar-refractivity contribution in [3.05, 3.63) is 192 Å². The van der Waals surface area contributed by atoms with Crippen LogP contribution in [0.5, 0.6) is 0 Å². The van der Waals surface area contributed by atoms with Gasteiger partial charge in [-0.25, -0.2) is 0 Å². The lowest BCUT2D eigenvalue weighted by atomic mass is 9.68. The van der Waals surface area contributed by atoms with Crippen LogP contribution < -0.4 is 5.32 Å². The van der Waals surface area contributed by atoms with E-state index in [1.165, 1.54) is 38.9 Å². The third-order valence-corrected chi connectivity index (χ3v) is 9.36. The van der Waals surface area contributed by atoms with Crippen molar-refractivity contribution >= 4 is 33.3 Å². The van der Waals surface area contributed by atoms with Crippen LogP contribution in [0.3, 0.4) is 0 Å². The monoisotopic (exact) mass is 575 g/mol. The molecule has 7 aromatic carbocycles. The van der Waals surface area contributed by atoms with E-state index in [-0.39, 0.29) is 0 Å². The molecule has 1 aromatic heterocycles. The lowest BCUT2D eigenvalue weighted by Gasteiger charge is -2.33. The Labute approximate surface area is 262 Å². The van der Waals surface area contributed by atoms with Crippen LogP contribution >= 0.6 is 0 Å². The third-order valence-electron chi connectivity index (χ3n) is 9.36. The minimum atomic E-state index is -0.415. The van der Waals surface area contributed by atoms with Crippen LogP contribution in [0.1, 0.15) is 22.3 Å². The molecular weight excluding hydrogens is 546 g/mol. The van der Waals surface area contributed by atoms with E-state index in [9.17, 15) is 0 Å². The molecule has 0 atom stereocenters. The standard InChI is InChI=1S/C43H29NO/c1-3-13-30(14-4-1)43(31-15-5-2-6-16-31)36-20-9-7-17-34(36)42-37(43)21-12-22-38(42)44-32-27-25-29(26-28-32)33-19-11-24-40-41(33)35-18-8-10-23-39(35)45-40/h1-28,44H. The van der Waals surface area contributed by atoms with E-state index in [2.05, 4.69) is 157 Å². The van der Waals surface area contributed by atoms with Gasteiger partial charge in [-0.2, -0.15) is 0 Å². The van der Waals surface area contributed by atoms with Crippen LogP contribution in [-0.4, -0.2) is 0 Å². The van der Waals surface area contributed by atoms with E-state index in [0.29, 0.717) is 0 Å². The summed E-state index contributed by atoms with van der Waals surface area (Å²) in [6, 6.07) is 60.8. The summed E-state index contributed by atoms with van der Waals surface area (Å²) in [7, 11) is 0. The molecule has 1 aliphatic rings. The predicted octanol–water partition coefficient (Wildman–Crippen LogP) is 11.4. The highest BCUT2D eigenvalue weighted by atomic mass is 16.3. The van der Waals surface area contributed by atoms with Crippen LogP contribution in [0.2, 0.25) is 0 Å². The first-order chi connectivity index (χ1) is 22.3. The highest BCUT2D eigenvalue weighted by Crippen LogP contribution is 2.58. The van der Waals surface area contributed by atoms with Gasteiger partial charge in [-0.3, -0.25) is 0 Å². The van der Waals surface area contributed by atoms with Gasteiger partial charge in [0.1, 0.15) is 11.2 Å². The van der Waals surface area contributed by atoms with Crippen molar-refractivity contribution in [3.8, 4) is 22.3 Å². The minimum Gasteiger partial charge on any atom is -0.456 e. The fourth-order valence-corrected chi connectivity index (χ4v) is 7.50. The molecule has 0 aliphatic heterocycles. The van der Waals surface area contributed by atoms with Crippen molar-refractivity contribution in [1.82, 2.24) is 0 Å². The molecule has 0 bridgehead atoms. The molecule has 1 N–H and O–H groups in total. The molecule has 2 nitrogen and oxygen atoms in total. The van der Waals surface area contributed by atoms with Gasteiger partial charge in [-0.05, 0) is 69.3 Å². The molecule has 0 unspecified atom stereocenters. The second kappa shape index (κ2) is 10.1. The van der Waals surface area contributed by atoms with Gasteiger partial charge in [0.15, 0.2) is 0 Å². The van der Waals surface area contributed by atoms with Crippen molar-refractivity contribution in [2.45, 2.75) is 5.41 Å². The zero-order valence-electron chi connectivity index (χ0n) is 24.6. The number of anilines is 2. The summed E-state index contributed by atoms with van der Waals surface area (Å²) in [6.07, 6.45) is 0. The third kappa shape index (κ3) is 3.82. The van der Waals surface area contributed by atoms with Gasteiger partial charge in [-0.15, -0.1) is 0 Å². The van der Waals surface area contributed by atoms with Crippen LogP contribution in [0.25, 0.3) is 44.2 Å². The molecule has 45 heavy (non-hydrogen) atoms. The number of hydrogen-bond donors (Lipinski definition) is 1. The quantitative estimate of drug-likeness (QED) is 0.221. The average molecular weight is 576 g/mol. The van der Waals surface area contributed by atoms with Crippen molar-refractivity contribution in [1.29, 1.82) is 0 Å². The maximum atomic E-state index is 6.16. The van der Waals surface area contributed by atoms with E-state index >= 15 is 0 Å². The lowest BCUT2D eigenvalue weighted by molar-refractivity contribution is 0.669. The molecule has 0 amide bonds. The normalized spacial score (nSPS) is 13.1. The van der Waals surface area contributed by atoms with Gasteiger partial charge in [0.25, 0.3) is 0 Å². The molecule has 0 saturated heterocycles. The number of fused-ring (bicyclic) bond motifs is 6. The largest absolute Gasteiger partial charge is 0.456 e. The summed E-state index contributed by atoms with van der Waals surface area (Å²) in [5, 5.41) is 6.11. The Morgan fingerprint density at radius 3 is 1.82 bits per heavy atom. The second-order valence-electron chi connectivity index (χ2n) is 11.7. The minimum absolute atomic E-state index is 0.415. The molecule has 9 rings (SSSR count). The molecule has 212 valence electrons. The zero-order valence-corrected chi connectivity index (χ0v) is 24.6. The van der Waals surface area contributed by atoms with Crippen molar-refractivity contribution in [2.75, 3.05) is 5.32 Å². The summed E-state index contributed by atoms with van der Waals surface area (Å²) < 4.78 is 6.16. The Balaban J connectivity index is 1.17. The SMILES string of the molecule is c1ccc(C2(c3ccccc3)c3ccccc3-c3c(Nc4ccc(-c5cccc6oc7ccccc7c56)cc4)cccc32)cc1. The van der Waals surface area contributed by atoms with Gasteiger partial charge >= 0.3 is 0 Å². The van der Waals surface area contributed by atoms with Crippen LogP contribution in [0, 0.1) is 0 Å². The Kier molecular flexibility index (Phi) is 5.76. The van der Waals surface area contributed by atoms with E-state index in [0.717, 1.165) is 38.9 Å². The summed E-state index contributed by atoms with van der Waals surface area (Å²) in [6.45, 7) is 0. The Morgan fingerprint density at radius 2 is 1.04 bits per heavy atom. The topological polar surface area (TPSA) is 25.2 Å². The second-order valence-corrected chi connectivity index (χ2v) is 11.7. The van der Waals surface area contributed by atoms with Crippen LogP contribution in [0.15, 0.2) is 174 Å². The Morgan fingerprint density at radius 1 is 0.444 bits per heavy atom. The zero-order chi connectivity index (χ0) is 29.8. The fourth-order valence-electron chi connectivity index (χ4n) is 7.50. The lowest BCUT2D eigenvalue weighted by Crippen LogP contribution is -2.28. The summed E-state index contributed by atoms with van der Waals surface area (Å²) in [5.41, 5.74) is 13.5. The van der Waals surface area contributed by atoms with Gasteiger partial charge in [0, 0.05) is 27.7 Å². The molecule has 1 aliphatic carbocycles. The highest BCUT2D eigenvalue weighted by molar-refractivity contribution is 6.12. The first-order valence-corrected chi connectivity index (χ1v) is 15.4. The van der Waals surface area contributed by atoms with Gasteiger partial charge in [-0.1, -0.05) is 140 Å². The van der Waals surface area contributed by atoms with Crippen molar-refractivity contribution < 1.29 is 4.42 Å². The molecule has 0 radical (unpaired) electrons. The smallest absolute Gasteiger partial charge is 0.136 e. The first kappa shape index (κ1) is 25.6. The first-order valence-electron chi connectivity index (χ1n) is 15.4. The highest BCUT2D eigenvalue weighted by Gasteiger charge is 2.46. The maximum Gasteiger partial charge on any atom is 0.136 e. The number of para-hydroxylation sites is 1. The van der Waals surface area contributed by atoms with E-state index < -0.39 is 5.41 Å². The maximum absolute atomic E-state index is 6.16. The van der Waals surface area contributed by atoms with Crippen LogP contribution in [-0.2, 0) is 5.41 Å². The van der Waals surface area contributed by atoms with Gasteiger partial charge in [0.05, 0.1) is 5.41 Å². The van der Waals surface area contributed by atoms with Gasteiger partial charge in [0.2, 0.25) is 0 Å². The number of hydrogen-bond acceptors (Lipinski definition) is 2. The van der Waals surface area contributed by atoms with Gasteiger partial charge < -0.3 is 9.73 Å². The molecule has 0 fully saturated rings. The molecular formula is C43H29NO. The Hall–Kier alpha value is -5.86. The predicted molar refractivity (Wildman–Crippen MR) is 186 cm³/mol. The molecule has 0 spiro atoms. The number of benzene rings is 7. The van der Waals surface area contributed by atoms with E-state index in [1.807, 2.05) is 18.2 Å². The average Bonchev–Trinajstić information content (AvgIpc) is 3.64. The number of rotatable bonds is 5. The van der Waals surface area contributed by atoms with Crippen molar-refractivity contribution in [3.63, 3.8) is 0 Å². The molecule has 0 saturated carbocycles. The molecule has 8 aromatic rings. The van der Waals surface area contributed by atoms with Crippen molar-refractivity contribution in [2.24, 2.45) is 0 Å². The molecule has 1 heterocycles. The summed E-state index contributed by atoms with van der Waals surface area (Å²) in [5.74, 6) is 0. The number of furan rings is 1. The van der Waals surface area contributed by atoms with E-state index in [1.54, 1.807) is 0 Å². The number of nitrogens with one attached hydrogen (secondary N) is 1. The van der Waals surface area contributed by atoms with Crippen LogP contribution in [0.4, 0.5) is 11.4 Å².